The number of nitrogens with zero attached hydrogens (tertiary/aromatic N) is 3. The van der Waals surface area contributed by atoms with E-state index in [9.17, 15) is 0 Å². The van der Waals surface area contributed by atoms with Crippen LogP contribution in [0.4, 0.5) is 0 Å². The molecule has 0 spiro atoms. The minimum Gasteiger partial charge on any atom is -0.456 e. The van der Waals surface area contributed by atoms with E-state index in [4.69, 9.17) is 23.8 Å². The first-order chi connectivity index (χ1) is 26.7. The maximum Gasteiger partial charge on any atom is 0.164 e. The van der Waals surface area contributed by atoms with E-state index in [1.807, 2.05) is 48.5 Å². The second kappa shape index (κ2) is 11.1. The average molecular weight is 690 g/mol. The average Bonchev–Trinajstić information content (AvgIpc) is 3.80. The van der Waals surface area contributed by atoms with Crippen molar-refractivity contribution in [3.05, 3.63) is 164 Å². The minimum absolute atomic E-state index is 0.586. The van der Waals surface area contributed by atoms with Crippen LogP contribution in [0.2, 0.25) is 0 Å². The predicted octanol–water partition coefficient (Wildman–Crippen LogP) is 13.3. The van der Waals surface area contributed by atoms with Crippen molar-refractivity contribution in [3.63, 3.8) is 0 Å². The van der Waals surface area contributed by atoms with Gasteiger partial charge in [-0.2, -0.15) is 0 Å². The van der Waals surface area contributed by atoms with E-state index in [0.29, 0.717) is 17.5 Å². The summed E-state index contributed by atoms with van der Waals surface area (Å²) in [6.07, 6.45) is 0. The van der Waals surface area contributed by atoms with Gasteiger partial charge in [0, 0.05) is 38.2 Å². The van der Waals surface area contributed by atoms with E-state index in [0.717, 1.165) is 87.5 Å². The van der Waals surface area contributed by atoms with Crippen molar-refractivity contribution in [1.82, 2.24) is 15.0 Å². The molecule has 0 saturated carbocycles. The minimum atomic E-state index is 0.586. The quantitative estimate of drug-likeness (QED) is 0.173. The van der Waals surface area contributed by atoms with Crippen LogP contribution in [0, 0.1) is 0 Å². The van der Waals surface area contributed by atoms with Gasteiger partial charge in [0.05, 0.1) is 0 Å². The number of benzene rings is 9. The number of furan rings is 2. The topological polar surface area (TPSA) is 65.0 Å². The van der Waals surface area contributed by atoms with Gasteiger partial charge < -0.3 is 8.83 Å². The monoisotopic (exact) mass is 689 g/mol. The van der Waals surface area contributed by atoms with E-state index in [1.165, 1.54) is 16.2 Å². The molecule has 9 aromatic carbocycles. The number of para-hydroxylation sites is 2. The Balaban J connectivity index is 1.14. The fourth-order valence-corrected chi connectivity index (χ4v) is 8.38. The Kier molecular flexibility index (Phi) is 5.99. The standard InChI is InChI=1S/C49H27N3O2/c1-2-11-33-28(10-1)20-22-30-26-40(34-12-3-4-14-36(34)45(30)33)49-51-47(50-48(52-49)38-16-9-19-43-46(38)37-15-6-8-18-42(37)53-43)31-23-21-29-25-39-35-13-5-7-17-41(35)54-44(39)27-32(29)24-31/h1-27H. The molecular weight excluding hydrogens is 663 g/mol. The van der Waals surface area contributed by atoms with E-state index in [1.54, 1.807) is 0 Å². The zero-order valence-electron chi connectivity index (χ0n) is 28.7. The molecule has 0 N–H and O–H groups in total. The summed E-state index contributed by atoms with van der Waals surface area (Å²) < 4.78 is 12.6. The Hall–Kier alpha value is -7.37. The molecule has 0 aliphatic heterocycles. The van der Waals surface area contributed by atoms with Gasteiger partial charge in [0.25, 0.3) is 0 Å². The smallest absolute Gasteiger partial charge is 0.164 e. The Bertz CT molecular complexity index is 3520. The third-order valence-corrected chi connectivity index (χ3v) is 10.9. The molecule has 0 bridgehead atoms. The van der Waals surface area contributed by atoms with E-state index < -0.39 is 0 Å². The Morgan fingerprint density at radius 2 is 0.926 bits per heavy atom. The maximum atomic E-state index is 6.31. The third kappa shape index (κ3) is 4.30. The largest absolute Gasteiger partial charge is 0.456 e. The van der Waals surface area contributed by atoms with Gasteiger partial charge in [-0.05, 0) is 85.6 Å². The molecule has 0 amide bonds. The van der Waals surface area contributed by atoms with Crippen LogP contribution < -0.4 is 0 Å². The lowest BCUT2D eigenvalue weighted by atomic mass is 9.93. The summed E-state index contributed by atoms with van der Waals surface area (Å²) in [6, 6.07) is 56.9. The Morgan fingerprint density at radius 3 is 1.80 bits per heavy atom. The van der Waals surface area contributed by atoms with Crippen molar-refractivity contribution in [3.8, 4) is 34.2 Å². The lowest BCUT2D eigenvalue weighted by Crippen LogP contribution is -2.01. The van der Waals surface area contributed by atoms with Crippen LogP contribution in [0.25, 0.3) is 121 Å². The molecule has 0 radical (unpaired) electrons. The Labute approximate surface area is 307 Å². The normalized spacial score (nSPS) is 12.1. The van der Waals surface area contributed by atoms with Crippen molar-refractivity contribution in [2.75, 3.05) is 0 Å². The number of hydrogen-bond donors (Lipinski definition) is 0. The first kappa shape index (κ1) is 29.2. The van der Waals surface area contributed by atoms with Gasteiger partial charge in [0.2, 0.25) is 0 Å². The molecule has 0 atom stereocenters. The summed E-state index contributed by atoms with van der Waals surface area (Å²) in [6.45, 7) is 0. The summed E-state index contributed by atoms with van der Waals surface area (Å²) in [7, 11) is 0. The van der Waals surface area contributed by atoms with Crippen LogP contribution in [0.5, 0.6) is 0 Å². The number of fused-ring (bicyclic) bond motifs is 12. The summed E-state index contributed by atoms with van der Waals surface area (Å²) in [5.41, 5.74) is 6.09. The molecule has 3 aromatic heterocycles. The maximum absolute atomic E-state index is 6.31. The summed E-state index contributed by atoms with van der Waals surface area (Å²) in [4.78, 5) is 15.8. The van der Waals surface area contributed by atoms with E-state index >= 15 is 0 Å². The summed E-state index contributed by atoms with van der Waals surface area (Å²) in [5, 5.41) is 13.4. The second-order valence-corrected chi connectivity index (χ2v) is 13.9. The van der Waals surface area contributed by atoms with Crippen LogP contribution in [0.3, 0.4) is 0 Å². The van der Waals surface area contributed by atoms with Gasteiger partial charge >= 0.3 is 0 Å². The number of rotatable bonds is 3. The van der Waals surface area contributed by atoms with E-state index in [-0.39, 0.29) is 0 Å². The van der Waals surface area contributed by atoms with Gasteiger partial charge in [-0.1, -0.05) is 121 Å². The van der Waals surface area contributed by atoms with Crippen LogP contribution in [-0.4, -0.2) is 15.0 Å². The molecule has 5 nitrogen and oxygen atoms in total. The molecule has 5 heteroatoms. The molecule has 12 aromatic rings. The summed E-state index contributed by atoms with van der Waals surface area (Å²) >= 11 is 0. The Morgan fingerprint density at radius 1 is 0.296 bits per heavy atom. The van der Waals surface area contributed by atoms with Crippen molar-refractivity contribution in [1.29, 1.82) is 0 Å². The molecule has 0 saturated heterocycles. The molecule has 3 heterocycles. The highest BCUT2D eigenvalue weighted by Crippen LogP contribution is 2.41. The van der Waals surface area contributed by atoms with Gasteiger partial charge in [-0.3, -0.25) is 0 Å². The molecular formula is C49H27N3O2. The molecule has 0 unspecified atom stereocenters. The lowest BCUT2D eigenvalue weighted by molar-refractivity contribution is 0.669. The highest BCUT2D eigenvalue weighted by Gasteiger charge is 2.20. The predicted molar refractivity (Wildman–Crippen MR) is 221 cm³/mol. The van der Waals surface area contributed by atoms with Gasteiger partial charge in [-0.15, -0.1) is 0 Å². The van der Waals surface area contributed by atoms with Crippen molar-refractivity contribution in [2.24, 2.45) is 0 Å². The first-order valence-corrected chi connectivity index (χ1v) is 18.1. The molecule has 250 valence electrons. The zero-order valence-corrected chi connectivity index (χ0v) is 28.7. The lowest BCUT2D eigenvalue weighted by Gasteiger charge is -2.14. The number of hydrogen-bond acceptors (Lipinski definition) is 5. The molecule has 12 rings (SSSR count). The van der Waals surface area contributed by atoms with Crippen LogP contribution in [-0.2, 0) is 0 Å². The van der Waals surface area contributed by atoms with Crippen molar-refractivity contribution in [2.45, 2.75) is 0 Å². The van der Waals surface area contributed by atoms with Crippen LogP contribution in [0.1, 0.15) is 0 Å². The van der Waals surface area contributed by atoms with Gasteiger partial charge in [0.15, 0.2) is 17.5 Å². The van der Waals surface area contributed by atoms with Gasteiger partial charge in [0.1, 0.15) is 22.3 Å². The number of aromatic nitrogens is 3. The molecule has 54 heavy (non-hydrogen) atoms. The highest BCUT2D eigenvalue weighted by atomic mass is 16.3. The summed E-state index contributed by atoms with van der Waals surface area (Å²) in [5.74, 6) is 1.79. The van der Waals surface area contributed by atoms with Gasteiger partial charge in [-0.25, -0.2) is 15.0 Å². The molecule has 0 fully saturated rings. The van der Waals surface area contributed by atoms with Crippen molar-refractivity contribution < 1.29 is 8.83 Å². The fraction of sp³-hybridized carbons (Fsp3) is 0. The molecule has 0 aliphatic carbocycles. The van der Waals surface area contributed by atoms with Crippen LogP contribution >= 0.6 is 0 Å². The van der Waals surface area contributed by atoms with Crippen molar-refractivity contribution >= 4 is 87.0 Å². The molecule has 0 aliphatic rings. The zero-order chi connectivity index (χ0) is 35.3. The highest BCUT2D eigenvalue weighted by molar-refractivity contribution is 6.23. The van der Waals surface area contributed by atoms with Crippen LogP contribution in [0.15, 0.2) is 173 Å². The fourth-order valence-electron chi connectivity index (χ4n) is 8.38. The van der Waals surface area contributed by atoms with E-state index in [2.05, 4.69) is 115 Å². The second-order valence-electron chi connectivity index (χ2n) is 13.9. The third-order valence-electron chi connectivity index (χ3n) is 10.9. The first-order valence-electron chi connectivity index (χ1n) is 18.1. The SMILES string of the molecule is c1ccc2c(c1)ccc1cc(-c3nc(-c4ccc5cc6c(cc5c4)oc4ccccc46)nc(-c4cccc5oc6ccccc6c45)n3)c3ccccc3c12.